The molecule has 7 rings (SSSR count). The van der Waals surface area contributed by atoms with Crippen molar-refractivity contribution in [3.63, 3.8) is 0 Å². The van der Waals surface area contributed by atoms with Crippen LogP contribution < -0.4 is 0 Å². The average molecular weight is 541 g/mol. The van der Waals surface area contributed by atoms with Crippen molar-refractivity contribution in [2.24, 2.45) is 0 Å². The topological polar surface area (TPSA) is 25.8 Å². The molecular formula is C40H32N2. The number of pyridine rings is 2. The lowest BCUT2D eigenvalue weighted by Crippen LogP contribution is -1.95. The lowest BCUT2D eigenvalue weighted by molar-refractivity contribution is 0.940. The predicted molar refractivity (Wildman–Crippen MR) is 176 cm³/mol. The second kappa shape index (κ2) is 11.8. The minimum Gasteiger partial charge on any atom is -0.248 e. The fourth-order valence-electron chi connectivity index (χ4n) is 5.68. The second-order valence-corrected chi connectivity index (χ2v) is 11.0. The summed E-state index contributed by atoms with van der Waals surface area (Å²) in [4.78, 5) is 9.76. The molecule has 0 aliphatic rings. The molecule has 0 bridgehead atoms. The van der Waals surface area contributed by atoms with E-state index in [0.29, 0.717) is 0 Å². The van der Waals surface area contributed by atoms with Crippen molar-refractivity contribution in [1.82, 2.24) is 9.97 Å². The highest BCUT2D eigenvalue weighted by atomic mass is 14.7. The number of para-hydroxylation sites is 2. The third kappa shape index (κ3) is 5.84. The number of fused-ring (bicyclic) bond motifs is 2. The SMILES string of the molecule is c1cc(CCc2ccc(CCc3cccc(-c4ccc5ccccc5n4)c3)cc2)cc(-c2ccc3ccccc3n2)c1. The molecule has 0 aliphatic heterocycles. The van der Waals surface area contributed by atoms with Crippen molar-refractivity contribution in [3.05, 3.63) is 168 Å². The van der Waals surface area contributed by atoms with Crippen LogP contribution >= 0.6 is 0 Å². The number of aromatic nitrogens is 2. The van der Waals surface area contributed by atoms with Crippen molar-refractivity contribution in [1.29, 1.82) is 0 Å². The minimum atomic E-state index is 1.01. The quantitative estimate of drug-likeness (QED) is 0.192. The molecule has 0 fully saturated rings. The van der Waals surface area contributed by atoms with Gasteiger partial charge in [0, 0.05) is 21.9 Å². The van der Waals surface area contributed by atoms with Crippen LogP contribution in [0.5, 0.6) is 0 Å². The Hall–Kier alpha value is -5.08. The van der Waals surface area contributed by atoms with Gasteiger partial charge in [-0.15, -0.1) is 0 Å². The molecule has 0 atom stereocenters. The number of nitrogens with zero attached hydrogens (tertiary/aromatic N) is 2. The second-order valence-electron chi connectivity index (χ2n) is 11.0. The van der Waals surface area contributed by atoms with E-state index in [1.807, 2.05) is 12.1 Å². The molecular weight excluding hydrogens is 508 g/mol. The van der Waals surface area contributed by atoms with Gasteiger partial charge in [0.15, 0.2) is 0 Å². The molecule has 2 nitrogen and oxygen atoms in total. The van der Waals surface area contributed by atoms with Crippen molar-refractivity contribution >= 4 is 21.8 Å². The zero-order valence-electron chi connectivity index (χ0n) is 23.6. The van der Waals surface area contributed by atoms with Gasteiger partial charge >= 0.3 is 0 Å². The summed E-state index contributed by atoms with van der Waals surface area (Å²) in [6.07, 6.45) is 4.07. The maximum atomic E-state index is 4.88. The lowest BCUT2D eigenvalue weighted by Gasteiger charge is -2.08. The summed E-state index contributed by atoms with van der Waals surface area (Å²) in [5.74, 6) is 0. The highest BCUT2D eigenvalue weighted by Crippen LogP contribution is 2.24. The van der Waals surface area contributed by atoms with Crippen molar-refractivity contribution in [3.8, 4) is 22.5 Å². The Bertz CT molecular complexity index is 1840. The van der Waals surface area contributed by atoms with E-state index in [2.05, 4.69) is 133 Å². The fraction of sp³-hybridized carbons (Fsp3) is 0.100. The van der Waals surface area contributed by atoms with Gasteiger partial charge < -0.3 is 0 Å². The highest BCUT2D eigenvalue weighted by Gasteiger charge is 2.06. The Balaban J connectivity index is 0.970. The Morgan fingerprint density at radius 3 is 1.24 bits per heavy atom. The van der Waals surface area contributed by atoms with Gasteiger partial charge in [0.2, 0.25) is 0 Å². The minimum absolute atomic E-state index is 1.01. The van der Waals surface area contributed by atoms with Crippen LogP contribution in [0.2, 0.25) is 0 Å². The third-order valence-electron chi connectivity index (χ3n) is 8.07. The van der Waals surface area contributed by atoms with E-state index in [4.69, 9.17) is 9.97 Å². The van der Waals surface area contributed by atoms with E-state index in [1.54, 1.807) is 0 Å². The van der Waals surface area contributed by atoms with Crippen molar-refractivity contribution in [2.45, 2.75) is 25.7 Å². The van der Waals surface area contributed by atoms with E-state index in [9.17, 15) is 0 Å². The molecule has 7 aromatic rings. The first-order valence-electron chi connectivity index (χ1n) is 14.7. The maximum Gasteiger partial charge on any atom is 0.0709 e. The standard InChI is InChI=1S/C40H32N2/c1-3-13-37-33(9-1)23-25-39(41-37)35-11-5-7-31(27-35)21-19-29-15-17-30(18-16-29)20-22-32-8-6-12-36(28-32)40-26-24-34-10-2-4-14-38(34)42-40/h1-18,23-28H,19-22H2. The first-order chi connectivity index (χ1) is 20.8. The van der Waals surface area contributed by atoms with Gasteiger partial charge in [0.05, 0.1) is 22.4 Å². The molecule has 0 unspecified atom stereocenters. The van der Waals surface area contributed by atoms with Gasteiger partial charge in [0.25, 0.3) is 0 Å². The van der Waals surface area contributed by atoms with Crippen molar-refractivity contribution in [2.75, 3.05) is 0 Å². The molecule has 2 aromatic heterocycles. The molecule has 5 aromatic carbocycles. The van der Waals surface area contributed by atoms with E-state index in [-0.39, 0.29) is 0 Å². The predicted octanol–water partition coefficient (Wildman–Crippen LogP) is 9.69. The molecule has 42 heavy (non-hydrogen) atoms. The van der Waals surface area contributed by atoms with Crippen LogP contribution in [-0.4, -0.2) is 9.97 Å². The molecule has 0 N–H and O–H groups in total. The molecule has 0 radical (unpaired) electrons. The normalized spacial score (nSPS) is 11.2. The first kappa shape index (κ1) is 25.9. The van der Waals surface area contributed by atoms with E-state index >= 15 is 0 Å². The Morgan fingerprint density at radius 1 is 0.333 bits per heavy atom. The van der Waals surface area contributed by atoms with E-state index in [0.717, 1.165) is 48.1 Å². The lowest BCUT2D eigenvalue weighted by atomic mass is 9.98. The first-order valence-corrected chi connectivity index (χ1v) is 14.7. The van der Waals surface area contributed by atoms with Gasteiger partial charge in [-0.2, -0.15) is 0 Å². The summed E-state index contributed by atoms with van der Waals surface area (Å²) in [5.41, 5.74) is 11.9. The maximum absolute atomic E-state index is 4.88. The average Bonchev–Trinajstić information content (AvgIpc) is 3.06. The summed E-state index contributed by atoms with van der Waals surface area (Å²) >= 11 is 0. The molecule has 0 saturated heterocycles. The zero-order chi connectivity index (χ0) is 28.1. The van der Waals surface area contributed by atoms with Gasteiger partial charge in [-0.05, 0) is 84.3 Å². The van der Waals surface area contributed by atoms with Gasteiger partial charge in [-0.25, -0.2) is 9.97 Å². The van der Waals surface area contributed by atoms with Crippen LogP contribution in [0, 0.1) is 0 Å². The summed E-state index contributed by atoms with van der Waals surface area (Å²) in [6, 6.07) is 51.9. The molecule has 0 saturated carbocycles. The molecule has 202 valence electrons. The fourth-order valence-corrected chi connectivity index (χ4v) is 5.68. The number of rotatable bonds is 8. The Kier molecular flexibility index (Phi) is 7.27. The van der Waals surface area contributed by atoms with Gasteiger partial charge in [-0.3, -0.25) is 0 Å². The smallest absolute Gasteiger partial charge is 0.0709 e. The van der Waals surface area contributed by atoms with Crippen LogP contribution in [0.3, 0.4) is 0 Å². The number of benzene rings is 5. The van der Waals surface area contributed by atoms with Crippen molar-refractivity contribution < 1.29 is 0 Å². The molecule has 0 aliphatic carbocycles. The Morgan fingerprint density at radius 2 is 0.762 bits per heavy atom. The monoisotopic (exact) mass is 540 g/mol. The summed E-state index contributed by atoms with van der Waals surface area (Å²) in [6.45, 7) is 0. The summed E-state index contributed by atoms with van der Waals surface area (Å²) < 4.78 is 0. The number of hydrogen-bond donors (Lipinski definition) is 0. The third-order valence-corrected chi connectivity index (χ3v) is 8.07. The van der Waals surface area contributed by atoms with Crippen LogP contribution in [0.25, 0.3) is 44.3 Å². The van der Waals surface area contributed by atoms with Gasteiger partial charge in [-0.1, -0.05) is 109 Å². The number of aryl methyl sites for hydroxylation is 4. The largest absolute Gasteiger partial charge is 0.248 e. The zero-order valence-corrected chi connectivity index (χ0v) is 23.6. The van der Waals surface area contributed by atoms with Crippen LogP contribution in [0.4, 0.5) is 0 Å². The molecule has 0 spiro atoms. The van der Waals surface area contributed by atoms with E-state index < -0.39 is 0 Å². The molecule has 2 heterocycles. The van der Waals surface area contributed by atoms with Crippen LogP contribution in [0.1, 0.15) is 22.3 Å². The summed E-state index contributed by atoms with van der Waals surface area (Å²) in [7, 11) is 0. The van der Waals surface area contributed by atoms with Gasteiger partial charge in [0.1, 0.15) is 0 Å². The number of hydrogen-bond acceptors (Lipinski definition) is 2. The van der Waals surface area contributed by atoms with Crippen LogP contribution in [-0.2, 0) is 25.7 Å². The Labute approximate surface area is 247 Å². The van der Waals surface area contributed by atoms with Crippen LogP contribution in [0.15, 0.2) is 146 Å². The highest BCUT2D eigenvalue weighted by molar-refractivity contribution is 5.82. The molecule has 2 heteroatoms. The summed E-state index contributed by atoms with van der Waals surface area (Å²) in [5, 5.41) is 2.35. The van der Waals surface area contributed by atoms with E-state index in [1.165, 1.54) is 44.2 Å². The molecule has 0 amide bonds.